The number of anilines is 1. The van der Waals surface area contributed by atoms with Crippen molar-refractivity contribution >= 4 is 21.7 Å². The van der Waals surface area contributed by atoms with Gasteiger partial charge < -0.3 is 9.73 Å². The minimum atomic E-state index is 0.705. The highest BCUT2D eigenvalue weighted by Gasteiger charge is 2.16. The van der Waals surface area contributed by atoms with Gasteiger partial charge in [0.25, 0.3) is 0 Å². The van der Waals surface area contributed by atoms with Crippen molar-refractivity contribution < 1.29 is 4.42 Å². The molecule has 0 aliphatic heterocycles. The normalized spacial score (nSPS) is 10.6. The van der Waals surface area contributed by atoms with Gasteiger partial charge in [-0.3, -0.25) is 0 Å². The average molecular weight is 296 g/mol. The number of furan rings is 1. The molecule has 4 nitrogen and oxygen atoms in total. The van der Waals surface area contributed by atoms with Crippen LogP contribution in [-0.4, -0.2) is 16.5 Å². The Morgan fingerprint density at radius 3 is 2.59 bits per heavy atom. The van der Waals surface area contributed by atoms with Crippen LogP contribution in [0.2, 0.25) is 0 Å². The molecule has 0 amide bonds. The van der Waals surface area contributed by atoms with Crippen LogP contribution in [0.15, 0.2) is 21.2 Å². The van der Waals surface area contributed by atoms with E-state index in [0.717, 1.165) is 33.9 Å². The number of aromatic nitrogens is 2. The minimum absolute atomic E-state index is 0.705. The third-order valence-electron chi connectivity index (χ3n) is 2.48. The lowest BCUT2D eigenvalue weighted by Gasteiger charge is -2.10. The molecule has 0 aliphatic rings. The highest BCUT2D eigenvalue weighted by atomic mass is 79.9. The molecule has 0 unspecified atom stereocenters. The van der Waals surface area contributed by atoms with E-state index in [2.05, 4.69) is 31.2 Å². The van der Waals surface area contributed by atoms with Gasteiger partial charge in [-0.05, 0) is 42.8 Å². The van der Waals surface area contributed by atoms with E-state index in [1.807, 2.05) is 26.8 Å². The molecule has 0 saturated carbocycles. The third kappa shape index (κ3) is 2.34. The Hall–Kier alpha value is -1.36. The fourth-order valence-electron chi connectivity index (χ4n) is 1.51. The zero-order valence-electron chi connectivity index (χ0n) is 10.0. The molecule has 1 N–H and O–H groups in total. The number of nitrogens with one attached hydrogen (secondary N) is 1. The second-order valence-electron chi connectivity index (χ2n) is 3.72. The Labute approximate surface area is 109 Å². The van der Waals surface area contributed by atoms with Gasteiger partial charge >= 0.3 is 0 Å². The van der Waals surface area contributed by atoms with E-state index in [1.54, 1.807) is 6.26 Å². The first-order valence-corrected chi connectivity index (χ1v) is 6.25. The quantitative estimate of drug-likeness (QED) is 0.941. The van der Waals surface area contributed by atoms with Gasteiger partial charge in [0.1, 0.15) is 5.69 Å². The van der Waals surface area contributed by atoms with Crippen molar-refractivity contribution in [2.75, 3.05) is 11.9 Å². The predicted molar refractivity (Wildman–Crippen MR) is 71.1 cm³/mol. The van der Waals surface area contributed by atoms with Crippen LogP contribution in [0, 0.1) is 13.8 Å². The maximum absolute atomic E-state index is 5.44. The lowest BCUT2D eigenvalue weighted by molar-refractivity contribution is 0.578. The standard InChI is InChI=1S/C12H14BrN3O/c1-4-14-12-10(11-9(13)5-6-17-11)15-7(2)8(3)16-12/h5-6H,4H2,1-3H3,(H,14,16). The number of halogens is 1. The minimum Gasteiger partial charge on any atom is -0.461 e. The van der Waals surface area contributed by atoms with Crippen molar-refractivity contribution in [3.63, 3.8) is 0 Å². The molecule has 0 radical (unpaired) electrons. The first kappa shape index (κ1) is 12.1. The van der Waals surface area contributed by atoms with Crippen LogP contribution in [0.3, 0.4) is 0 Å². The molecule has 0 fully saturated rings. The zero-order chi connectivity index (χ0) is 12.4. The van der Waals surface area contributed by atoms with Crippen LogP contribution >= 0.6 is 15.9 Å². The Morgan fingerprint density at radius 2 is 2.00 bits per heavy atom. The summed E-state index contributed by atoms with van der Waals surface area (Å²) in [7, 11) is 0. The highest BCUT2D eigenvalue weighted by Crippen LogP contribution is 2.32. The summed E-state index contributed by atoms with van der Waals surface area (Å²) in [6.45, 7) is 6.71. The smallest absolute Gasteiger partial charge is 0.170 e. The number of rotatable bonds is 3. The largest absolute Gasteiger partial charge is 0.461 e. The number of hydrogen-bond acceptors (Lipinski definition) is 4. The van der Waals surface area contributed by atoms with Gasteiger partial charge in [0, 0.05) is 6.54 Å². The third-order valence-corrected chi connectivity index (χ3v) is 3.11. The first-order chi connectivity index (χ1) is 8.13. The van der Waals surface area contributed by atoms with Gasteiger partial charge in [-0.15, -0.1) is 0 Å². The molecule has 0 saturated heterocycles. The van der Waals surface area contributed by atoms with E-state index in [4.69, 9.17) is 4.42 Å². The van der Waals surface area contributed by atoms with Crippen molar-refractivity contribution in [1.29, 1.82) is 0 Å². The molecule has 0 atom stereocenters. The molecule has 0 bridgehead atoms. The highest BCUT2D eigenvalue weighted by molar-refractivity contribution is 9.10. The van der Waals surface area contributed by atoms with Crippen LogP contribution in [0.5, 0.6) is 0 Å². The summed E-state index contributed by atoms with van der Waals surface area (Å²) in [4.78, 5) is 9.05. The van der Waals surface area contributed by atoms with Crippen molar-refractivity contribution in [3.05, 3.63) is 28.2 Å². The molecule has 90 valence electrons. The second kappa shape index (κ2) is 4.87. The molecule has 0 aliphatic carbocycles. The SMILES string of the molecule is CCNc1nc(C)c(C)nc1-c1occc1Br. The van der Waals surface area contributed by atoms with Gasteiger partial charge in [-0.1, -0.05) is 0 Å². The number of hydrogen-bond donors (Lipinski definition) is 1. The van der Waals surface area contributed by atoms with E-state index < -0.39 is 0 Å². The summed E-state index contributed by atoms with van der Waals surface area (Å²) in [6, 6.07) is 1.85. The molecule has 2 aromatic rings. The molecule has 0 aromatic carbocycles. The Balaban J connectivity index is 2.59. The lowest BCUT2D eigenvalue weighted by Crippen LogP contribution is -2.06. The van der Waals surface area contributed by atoms with Crippen LogP contribution in [0.1, 0.15) is 18.3 Å². The summed E-state index contributed by atoms with van der Waals surface area (Å²) in [5.74, 6) is 1.46. The van der Waals surface area contributed by atoms with Crippen LogP contribution < -0.4 is 5.32 Å². The number of aryl methyl sites for hydroxylation is 2. The fraction of sp³-hybridized carbons (Fsp3) is 0.333. The molecular formula is C12H14BrN3O. The molecular weight excluding hydrogens is 282 g/mol. The fourth-order valence-corrected chi connectivity index (χ4v) is 1.90. The van der Waals surface area contributed by atoms with E-state index in [-0.39, 0.29) is 0 Å². The van der Waals surface area contributed by atoms with Crippen LogP contribution in [0.4, 0.5) is 5.82 Å². The van der Waals surface area contributed by atoms with Crippen molar-refractivity contribution in [2.24, 2.45) is 0 Å². The van der Waals surface area contributed by atoms with E-state index in [9.17, 15) is 0 Å². The average Bonchev–Trinajstić information content (AvgIpc) is 2.70. The molecule has 17 heavy (non-hydrogen) atoms. The Morgan fingerprint density at radius 1 is 1.29 bits per heavy atom. The second-order valence-corrected chi connectivity index (χ2v) is 4.57. The molecule has 0 spiro atoms. The summed E-state index contributed by atoms with van der Waals surface area (Å²) < 4.78 is 6.33. The van der Waals surface area contributed by atoms with Gasteiger partial charge in [0.2, 0.25) is 0 Å². The maximum Gasteiger partial charge on any atom is 0.170 e. The summed E-state index contributed by atoms with van der Waals surface area (Å²) in [5, 5.41) is 3.21. The van der Waals surface area contributed by atoms with Crippen LogP contribution in [0.25, 0.3) is 11.5 Å². The summed E-state index contributed by atoms with van der Waals surface area (Å²) >= 11 is 3.44. The topological polar surface area (TPSA) is 51.0 Å². The summed E-state index contributed by atoms with van der Waals surface area (Å²) in [5.41, 5.74) is 2.57. The molecule has 2 aromatic heterocycles. The van der Waals surface area contributed by atoms with Gasteiger partial charge in [-0.2, -0.15) is 0 Å². The monoisotopic (exact) mass is 295 g/mol. The molecule has 2 rings (SSSR count). The molecule has 2 heterocycles. The van der Waals surface area contributed by atoms with E-state index >= 15 is 0 Å². The van der Waals surface area contributed by atoms with E-state index in [1.165, 1.54) is 0 Å². The van der Waals surface area contributed by atoms with Gasteiger partial charge in [0.15, 0.2) is 11.6 Å². The Kier molecular flexibility index (Phi) is 3.47. The number of nitrogens with zero attached hydrogens (tertiary/aromatic N) is 2. The Bertz CT molecular complexity index is 537. The van der Waals surface area contributed by atoms with Crippen LogP contribution in [-0.2, 0) is 0 Å². The van der Waals surface area contributed by atoms with Gasteiger partial charge in [0.05, 0.1) is 22.1 Å². The maximum atomic E-state index is 5.44. The van der Waals surface area contributed by atoms with Crippen molar-refractivity contribution in [3.8, 4) is 11.5 Å². The van der Waals surface area contributed by atoms with Crippen molar-refractivity contribution in [1.82, 2.24) is 9.97 Å². The van der Waals surface area contributed by atoms with Gasteiger partial charge in [-0.25, -0.2) is 9.97 Å². The first-order valence-electron chi connectivity index (χ1n) is 5.46. The predicted octanol–water partition coefficient (Wildman–Crippen LogP) is 3.55. The molecule has 5 heteroatoms. The van der Waals surface area contributed by atoms with E-state index in [0.29, 0.717) is 5.76 Å². The van der Waals surface area contributed by atoms with Crippen molar-refractivity contribution in [2.45, 2.75) is 20.8 Å². The summed E-state index contributed by atoms with van der Waals surface area (Å²) in [6.07, 6.45) is 1.63. The zero-order valence-corrected chi connectivity index (χ0v) is 11.6. The lowest BCUT2D eigenvalue weighted by atomic mass is 10.2.